The second-order valence-corrected chi connectivity index (χ2v) is 22.5. The fraction of sp³-hybridized carbons (Fsp3) is 0.537. The first-order chi connectivity index (χ1) is 26.6. The Morgan fingerprint density at radius 3 is 2.43 bits per heavy atom. The molecule has 0 saturated heterocycles. The van der Waals surface area contributed by atoms with E-state index >= 15 is 4.39 Å². The van der Waals surface area contributed by atoms with Gasteiger partial charge in [0.15, 0.2) is 25.1 Å². The van der Waals surface area contributed by atoms with E-state index < -0.39 is 32.7 Å². The maximum atomic E-state index is 15.4. The maximum absolute atomic E-state index is 15.4. The Hall–Kier alpha value is -4.79. The molecule has 2 N–H and O–H groups in total. The van der Waals surface area contributed by atoms with Gasteiger partial charge in [-0.2, -0.15) is 0 Å². The molecular weight excluding hydrogens is 737 g/mol. The van der Waals surface area contributed by atoms with Gasteiger partial charge in [0.1, 0.15) is 35.6 Å². The van der Waals surface area contributed by atoms with Crippen LogP contribution in [0, 0.1) is 11.7 Å². The number of nitrogens with zero attached hydrogens (tertiary/aromatic N) is 6. The van der Waals surface area contributed by atoms with Crippen molar-refractivity contribution in [1.82, 2.24) is 34.3 Å². The number of oxazole rings is 1. The van der Waals surface area contributed by atoms with Gasteiger partial charge >= 0.3 is 6.09 Å². The number of benzene rings is 1. The summed E-state index contributed by atoms with van der Waals surface area (Å²) in [4.78, 5) is 40.8. The smallest absolute Gasteiger partial charge is 0.405 e. The number of rotatable bonds is 15. The van der Waals surface area contributed by atoms with E-state index in [1.165, 1.54) is 17.0 Å². The molecule has 0 bridgehead atoms. The predicted molar refractivity (Wildman–Crippen MR) is 214 cm³/mol. The van der Waals surface area contributed by atoms with Crippen LogP contribution in [0.15, 0.2) is 34.9 Å². The Labute approximate surface area is 326 Å². The normalized spacial score (nSPS) is 16.1. The number of nitrogens with one attached hydrogen (secondary N) is 1. The highest BCUT2D eigenvalue weighted by Gasteiger charge is 2.49. The molecule has 0 spiro atoms. The van der Waals surface area contributed by atoms with Crippen molar-refractivity contribution in [1.29, 1.82) is 0 Å². The Bertz CT molecular complexity index is 2250. The number of carboxylic acid groups (broad SMARTS) is 1. The van der Waals surface area contributed by atoms with E-state index in [2.05, 4.69) is 51.4 Å². The average Bonchev–Trinajstić information content (AvgIpc) is 3.57. The number of pyridine rings is 1. The van der Waals surface area contributed by atoms with Crippen LogP contribution in [0.3, 0.4) is 0 Å². The first-order valence-corrected chi connectivity index (χ1v) is 22.0. The van der Waals surface area contributed by atoms with E-state index in [0.717, 1.165) is 35.3 Å². The molecule has 1 fully saturated rings. The van der Waals surface area contributed by atoms with Crippen molar-refractivity contribution in [3.8, 4) is 17.3 Å². The maximum Gasteiger partial charge on any atom is 0.405 e. The third-order valence-corrected chi connectivity index (χ3v) is 18.6. The van der Waals surface area contributed by atoms with E-state index in [1.807, 2.05) is 30.8 Å². The molecule has 7 rings (SSSR count). The molecular formula is C41H53F2N7O5Si. The Balaban J connectivity index is 1.21. The van der Waals surface area contributed by atoms with E-state index in [1.54, 1.807) is 6.07 Å². The molecule has 2 aliphatic rings. The number of fused-ring (bicyclic) bond motifs is 3. The first-order valence-electron chi connectivity index (χ1n) is 19.8. The summed E-state index contributed by atoms with van der Waals surface area (Å²) in [7, 11) is -0.198. The van der Waals surface area contributed by atoms with Gasteiger partial charge < -0.3 is 33.6 Å². The van der Waals surface area contributed by atoms with Crippen molar-refractivity contribution in [3.63, 3.8) is 0 Å². The summed E-state index contributed by atoms with van der Waals surface area (Å²) in [6.07, 6.45) is 3.23. The summed E-state index contributed by atoms with van der Waals surface area (Å²) in [6, 6.07) is 5.59. The summed E-state index contributed by atoms with van der Waals surface area (Å²) in [6.45, 7) is 15.6. The molecule has 1 saturated carbocycles. The van der Waals surface area contributed by atoms with Crippen molar-refractivity contribution in [2.75, 3.05) is 19.8 Å². The number of aromatic nitrogens is 5. The molecule has 0 radical (unpaired) electrons. The number of imidazole rings is 1. The highest BCUT2D eigenvalue weighted by atomic mass is 28.3. The lowest BCUT2D eigenvalue weighted by atomic mass is 10.0. The highest BCUT2D eigenvalue weighted by Crippen LogP contribution is 2.42. The van der Waals surface area contributed by atoms with Gasteiger partial charge in [-0.3, -0.25) is 4.79 Å². The number of carbonyl (C=O) groups is 2. The standard InChI is InChI=1S/C41H53F2N7O5Si/c1-22(2)56(23(3)4,24(5)6)41-44-19-30(55-41)13-25(7)54-35-16-28(43)14-27-15-34(50(36(27)35)20-26-9-10-26)38-47-33-17-31-32(46-37(33)48(38)8)11-12-49(39(31)51)21-29(18-42)45-40(52)53/h14-17,19,22-26,29,45H,9-13,18,20-21H2,1-8H3,(H,52,53). The number of halogens is 2. The minimum absolute atomic E-state index is 0.0937. The van der Waals surface area contributed by atoms with Gasteiger partial charge in [0.25, 0.3) is 5.91 Å². The summed E-state index contributed by atoms with van der Waals surface area (Å²) >= 11 is 0. The number of amides is 2. The number of alkyl halides is 1. The molecule has 1 aliphatic carbocycles. The zero-order valence-electron chi connectivity index (χ0n) is 33.5. The lowest BCUT2D eigenvalue weighted by Crippen LogP contribution is -2.56. The van der Waals surface area contributed by atoms with Crippen molar-refractivity contribution in [3.05, 3.63) is 53.3 Å². The SMILES string of the molecule is CC(Cc1cnc([Si](C(C)C)(C(C)C)C(C)C)o1)Oc1cc(F)cc2cc(-c3nc4cc5c(nc4n3C)CCN(CC(CF)NC(=O)O)C5=O)n(CC3CC3)c12. The molecule has 4 aromatic heterocycles. The van der Waals surface area contributed by atoms with Crippen LogP contribution in [-0.4, -0.2) is 86.1 Å². The lowest BCUT2D eigenvalue weighted by Gasteiger charge is -2.39. The van der Waals surface area contributed by atoms with Crippen LogP contribution < -0.4 is 15.6 Å². The number of hydrogen-bond acceptors (Lipinski definition) is 7. The van der Waals surface area contributed by atoms with Crippen molar-refractivity contribution in [2.45, 2.75) is 109 Å². The van der Waals surface area contributed by atoms with Gasteiger partial charge in [-0.1, -0.05) is 41.5 Å². The molecule has 2 unspecified atom stereocenters. The number of hydrogen-bond donors (Lipinski definition) is 2. The van der Waals surface area contributed by atoms with E-state index in [4.69, 9.17) is 29.2 Å². The summed E-state index contributed by atoms with van der Waals surface area (Å²) in [5.74, 6) is 1.51. The van der Waals surface area contributed by atoms with Crippen LogP contribution in [-0.2, 0) is 26.4 Å². The van der Waals surface area contributed by atoms with Crippen LogP contribution in [0.25, 0.3) is 33.6 Å². The second kappa shape index (κ2) is 15.3. The van der Waals surface area contributed by atoms with Crippen molar-refractivity contribution in [2.24, 2.45) is 13.0 Å². The summed E-state index contributed by atoms with van der Waals surface area (Å²) in [5, 5.41) is 11.9. The number of ether oxygens (including phenoxy) is 1. The molecule has 5 heterocycles. The van der Waals surface area contributed by atoms with E-state index in [0.29, 0.717) is 81.3 Å². The first kappa shape index (κ1) is 39.4. The second-order valence-electron chi connectivity index (χ2n) is 16.7. The fourth-order valence-corrected chi connectivity index (χ4v) is 15.3. The summed E-state index contributed by atoms with van der Waals surface area (Å²) < 4.78 is 46.2. The third-order valence-electron chi connectivity index (χ3n) is 11.9. The molecule has 5 aromatic rings. The van der Waals surface area contributed by atoms with Crippen molar-refractivity contribution >= 4 is 47.7 Å². The molecule has 56 heavy (non-hydrogen) atoms. The van der Waals surface area contributed by atoms with Crippen LogP contribution in [0.5, 0.6) is 5.75 Å². The van der Waals surface area contributed by atoms with Gasteiger partial charge in [-0.05, 0) is 60.5 Å². The average molecular weight is 790 g/mol. The summed E-state index contributed by atoms with van der Waals surface area (Å²) in [5.41, 5.74) is 5.88. The quantitative estimate of drug-likeness (QED) is 0.103. The number of carbonyl (C=O) groups excluding carboxylic acids is 1. The van der Waals surface area contributed by atoms with Crippen LogP contribution >= 0.6 is 0 Å². The van der Waals surface area contributed by atoms with E-state index in [-0.39, 0.29) is 25.1 Å². The Morgan fingerprint density at radius 1 is 1.07 bits per heavy atom. The molecule has 2 atom stereocenters. The minimum Gasteiger partial charge on any atom is -0.488 e. The zero-order chi connectivity index (χ0) is 40.2. The van der Waals surface area contributed by atoms with E-state index in [9.17, 15) is 14.0 Å². The number of aryl methyl sites for hydroxylation is 1. The van der Waals surface area contributed by atoms with Gasteiger partial charge in [-0.25, -0.2) is 28.5 Å². The van der Waals surface area contributed by atoms with Gasteiger partial charge in [0.2, 0.25) is 0 Å². The topological polar surface area (TPSA) is 141 Å². The van der Waals surface area contributed by atoms with Crippen LogP contribution in [0.4, 0.5) is 13.6 Å². The van der Waals surface area contributed by atoms with Gasteiger partial charge in [0.05, 0.1) is 34.7 Å². The fourth-order valence-electron chi connectivity index (χ4n) is 9.26. The van der Waals surface area contributed by atoms with Gasteiger partial charge in [0, 0.05) is 51.0 Å². The molecule has 1 aromatic carbocycles. The monoisotopic (exact) mass is 789 g/mol. The minimum atomic E-state index is -2.08. The van der Waals surface area contributed by atoms with Crippen LogP contribution in [0.1, 0.15) is 83.1 Å². The third kappa shape index (κ3) is 7.18. The molecule has 1 aliphatic heterocycles. The molecule has 300 valence electrons. The van der Waals surface area contributed by atoms with Crippen LogP contribution in [0.2, 0.25) is 16.6 Å². The molecule has 12 nitrogen and oxygen atoms in total. The Morgan fingerprint density at radius 2 is 1.79 bits per heavy atom. The lowest BCUT2D eigenvalue weighted by molar-refractivity contribution is 0.0712. The Kier molecular flexibility index (Phi) is 10.8. The molecule has 15 heteroatoms. The van der Waals surface area contributed by atoms with Crippen molar-refractivity contribution < 1.29 is 32.6 Å². The zero-order valence-corrected chi connectivity index (χ0v) is 34.5. The van der Waals surface area contributed by atoms with Gasteiger partial charge in [-0.15, -0.1) is 0 Å². The largest absolute Gasteiger partial charge is 0.488 e. The highest BCUT2D eigenvalue weighted by molar-refractivity contribution is 6.93. The predicted octanol–water partition coefficient (Wildman–Crippen LogP) is 7.63. The molecule has 2 amide bonds.